The van der Waals surface area contributed by atoms with Gasteiger partial charge in [0.2, 0.25) is 0 Å². The number of aliphatic hydroxyl groups is 1. The lowest BCUT2D eigenvalue weighted by Crippen LogP contribution is -2.13. The van der Waals surface area contributed by atoms with E-state index in [-0.39, 0.29) is 18.1 Å². The molecule has 0 atom stereocenters. The second kappa shape index (κ2) is 5.14. The van der Waals surface area contributed by atoms with Gasteiger partial charge in [0.15, 0.2) is 0 Å². The Labute approximate surface area is 121 Å². The van der Waals surface area contributed by atoms with Crippen LogP contribution in [0.1, 0.15) is 21.6 Å². The van der Waals surface area contributed by atoms with Gasteiger partial charge in [-0.3, -0.25) is 9.36 Å². The number of hydrogen-bond donors (Lipinski definition) is 1. The molecule has 3 rings (SSSR count). The van der Waals surface area contributed by atoms with E-state index in [1.807, 2.05) is 24.3 Å². The van der Waals surface area contributed by atoms with Crippen LogP contribution >= 0.6 is 0 Å². The Balaban J connectivity index is 2.25. The second-order valence-electron chi connectivity index (χ2n) is 4.89. The van der Waals surface area contributed by atoms with Crippen LogP contribution in [0.5, 0.6) is 0 Å². The SMILES string of the molecule is Cc1c(CO)c2ccccc2n1C(=O)c1cccc(F)c1. The molecule has 0 unspecified atom stereocenters. The van der Waals surface area contributed by atoms with Crippen molar-refractivity contribution in [3.8, 4) is 0 Å². The molecule has 0 aliphatic carbocycles. The molecule has 0 saturated heterocycles. The first-order chi connectivity index (χ1) is 10.1. The summed E-state index contributed by atoms with van der Waals surface area (Å²) in [6, 6.07) is 13.0. The van der Waals surface area contributed by atoms with Crippen molar-refractivity contribution in [2.24, 2.45) is 0 Å². The second-order valence-corrected chi connectivity index (χ2v) is 4.89. The van der Waals surface area contributed by atoms with E-state index >= 15 is 0 Å². The molecule has 0 radical (unpaired) electrons. The highest BCUT2D eigenvalue weighted by atomic mass is 19.1. The summed E-state index contributed by atoms with van der Waals surface area (Å²) in [5, 5.41) is 10.4. The largest absolute Gasteiger partial charge is 0.392 e. The Morgan fingerprint density at radius 2 is 1.95 bits per heavy atom. The smallest absolute Gasteiger partial charge is 0.262 e. The van der Waals surface area contributed by atoms with Crippen LogP contribution < -0.4 is 0 Å². The molecule has 0 amide bonds. The summed E-state index contributed by atoms with van der Waals surface area (Å²) < 4.78 is 14.9. The van der Waals surface area contributed by atoms with Crippen molar-refractivity contribution in [1.82, 2.24) is 4.57 Å². The lowest BCUT2D eigenvalue weighted by atomic mass is 10.1. The topological polar surface area (TPSA) is 42.2 Å². The summed E-state index contributed by atoms with van der Waals surface area (Å²) in [5.74, 6) is -0.750. The first kappa shape index (κ1) is 13.5. The fourth-order valence-corrected chi connectivity index (χ4v) is 2.65. The lowest BCUT2D eigenvalue weighted by Gasteiger charge is -2.07. The van der Waals surface area contributed by atoms with Crippen LogP contribution in [-0.4, -0.2) is 15.6 Å². The van der Waals surface area contributed by atoms with Gasteiger partial charge in [-0.25, -0.2) is 4.39 Å². The molecule has 3 nitrogen and oxygen atoms in total. The molecule has 21 heavy (non-hydrogen) atoms. The number of hydrogen-bond acceptors (Lipinski definition) is 2. The van der Waals surface area contributed by atoms with Gasteiger partial charge in [0.1, 0.15) is 5.82 Å². The van der Waals surface area contributed by atoms with E-state index in [0.29, 0.717) is 11.2 Å². The fraction of sp³-hybridized carbons (Fsp3) is 0.118. The zero-order valence-corrected chi connectivity index (χ0v) is 11.5. The van der Waals surface area contributed by atoms with Crippen LogP contribution in [0.4, 0.5) is 4.39 Å². The normalized spacial score (nSPS) is 11.0. The van der Waals surface area contributed by atoms with Gasteiger partial charge in [0.25, 0.3) is 5.91 Å². The molecule has 0 aliphatic heterocycles. The Morgan fingerprint density at radius 3 is 2.67 bits per heavy atom. The molecule has 0 bridgehead atoms. The van der Waals surface area contributed by atoms with Crippen LogP contribution in [0.25, 0.3) is 10.9 Å². The van der Waals surface area contributed by atoms with Gasteiger partial charge in [0, 0.05) is 22.2 Å². The average Bonchev–Trinajstić information content (AvgIpc) is 2.78. The quantitative estimate of drug-likeness (QED) is 0.784. The standard InChI is InChI=1S/C17H14FNO2/c1-11-15(10-20)14-7-2-3-8-16(14)19(11)17(21)12-5-4-6-13(18)9-12/h2-9,20H,10H2,1H3. The van der Waals surface area contributed by atoms with Crippen molar-refractivity contribution in [3.63, 3.8) is 0 Å². The van der Waals surface area contributed by atoms with E-state index in [4.69, 9.17) is 0 Å². The Morgan fingerprint density at radius 1 is 1.19 bits per heavy atom. The number of aromatic nitrogens is 1. The third-order valence-corrected chi connectivity index (χ3v) is 3.67. The fourth-order valence-electron chi connectivity index (χ4n) is 2.65. The summed E-state index contributed by atoms with van der Waals surface area (Å²) in [5.41, 5.74) is 2.39. The zero-order chi connectivity index (χ0) is 15.0. The van der Waals surface area contributed by atoms with E-state index in [2.05, 4.69) is 0 Å². The molecular formula is C17H14FNO2. The number of para-hydroxylation sites is 1. The molecule has 1 heterocycles. The number of nitrogens with zero attached hydrogens (tertiary/aromatic N) is 1. The molecule has 0 spiro atoms. The minimum atomic E-state index is -0.447. The monoisotopic (exact) mass is 283 g/mol. The molecule has 3 aromatic rings. The van der Waals surface area contributed by atoms with Crippen molar-refractivity contribution in [2.45, 2.75) is 13.5 Å². The number of carbonyl (C=O) groups excluding carboxylic acids is 1. The molecule has 4 heteroatoms. The molecule has 0 saturated carbocycles. The number of carbonyl (C=O) groups is 1. The minimum absolute atomic E-state index is 0.143. The number of fused-ring (bicyclic) bond motifs is 1. The summed E-state index contributed by atoms with van der Waals surface area (Å²) >= 11 is 0. The molecule has 1 N–H and O–H groups in total. The van der Waals surface area contributed by atoms with Gasteiger partial charge in [0.05, 0.1) is 12.1 Å². The molecule has 0 fully saturated rings. The van der Waals surface area contributed by atoms with Crippen LogP contribution in [-0.2, 0) is 6.61 Å². The van der Waals surface area contributed by atoms with Crippen LogP contribution in [0.2, 0.25) is 0 Å². The van der Waals surface area contributed by atoms with Crippen molar-refractivity contribution in [3.05, 3.63) is 71.2 Å². The summed E-state index contributed by atoms with van der Waals surface area (Å²) in [4.78, 5) is 12.7. The summed E-state index contributed by atoms with van der Waals surface area (Å²) in [7, 11) is 0. The van der Waals surface area contributed by atoms with E-state index < -0.39 is 5.82 Å². The van der Waals surface area contributed by atoms with E-state index in [1.54, 1.807) is 13.0 Å². The third-order valence-electron chi connectivity index (χ3n) is 3.67. The predicted octanol–water partition coefficient (Wildman–Crippen LogP) is 3.27. The van der Waals surface area contributed by atoms with E-state index in [1.165, 1.54) is 22.8 Å². The van der Waals surface area contributed by atoms with Crippen molar-refractivity contribution >= 4 is 16.8 Å². The Kier molecular flexibility index (Phi) is 3.31. The van der Waals surface area contributed by atoms with Gasteiger partial charge < -0.3 is 5.11 Å². The van der Waals surface area contributed by atoms with Gasteiger partial charge in [-0.2, -0.15) is 0 Å². The average molecular weight is 283 g/mol. The molecular weight excluding hydrogens is 269 g/mol. The number of rotatable bonds is 2. The van der Waals surface area contributed by atoms with Gasteiger partial charge in [-0.15, -0.1) is 0 Å². The number of benzene rings is 2. The van der Waals surface area contributed by atoms with Crippen LogP contribution in [0.15, 0.2) is 48.5 Å². The van der Waals surface area contributed by atoms with Crippen molar-refractivity contribution in [2.75, 3.05) is 0 Å². The highest BCUT2D eigenvalue weighted by Gasteiger charge is 2.19. The van der Waals surface area contributed by atoms with Crippen LogP contribution in [0.3, 0.4) is 0 Å². The predicted molar refractivity (Wildman–Crippen MR) is 78.7 cm³/mol. The van der Waals surface area contributed by atoms with Crippen molar-refractivity contribution < 1.29 is 14.3 Å². The first-order valence-corrected chi connectivity index (χ1v) is 6.63. The van der Waals surface area contributed by atoms with Crippen molar-refractivity contribution in [1.29, 1.82) is 0 Å². The molecule has 106 valence electrons. The Bertz CT molecular complexity index is 836. The minimum Gasteiger partial charge on any atom is -0.392 e. The first-order valence-electron chi connectivity index (χ1n) is 6.63. The van der Waals surface area contributed by atoms with E-state index in [0.717, 1.165) is 10.9 Å². The van der Waals surface area contributed by atoms with Crippen LogP contribution in [0, 0.1) is 12.7 Å². The van der Waals surface area contributed by atoms with Gasteiger partial charge >= 0.3 is 0 Å². The summed E-state index contributed by atoms with van der Waals surface area (Å²) in [6.45, 7) is 1.64. The highest BCUT2D eigenvalue weighted by molar-refractivity contribution is 6.04. The third kappa shape index (κ3) is 2.14. The lowest BCUT2D eigenvalue weighted by molar-refractivity contribution is 0.0962. The number of aliphatic hydroxyl groups excluding tert-OH is 1. The van der Waals surface area contributed by atoms with Gasteiger partial charge in [-0.05, 0) is 31.2 Å². The summed E-state index contributed by atoms with van der Waals surface area (Å²) in [6.07, 6.45) is 0. The number of halogens is 1. The maximum Gasteiger partial charge on any atom is 0.262 e. The maximum atomic E-state index is 13.3. The highest BCUT2D eigenvalue weighted by Crippen LogP contribution is 2.26. The molecule has 2 aromatic carbocycles. The molecule has 0 aliphatic rings. The molecule has 1 aromatic heterocycles. The van der Waals surface area contributed by atoms with E-state index in [9.17, 15) is 14.3 Å². The van der Waals surface area contributed by atoms with Gasteiger partial charge in [-0.1, -0.05) is 24.3 Å². The zero-order valence-electron chi connectivity index (χ0n) is 11.5. The Hall–Kier alpha value is -2.46. The maximum absolute atomic E-state index is 13.3.